The standard InChI is InChI=1S/C13H24N4O2S2/c1-3-12-9-15-13(20-12)10(2)16-21(18,19)17-7-5-4-6-11(17)8-14/h9-11,16H,3-8,14H2,1-2H3. The number of nitrogens with one attached hydrogen (secondary N) is 1. The summed E-state index contributed by atoms with van der Waals surface area (Å²) in [5.41, 5.74) is 5.71. The second kappa shape index (κ2) is 7.15. The van der Waals surface area contributed by atoms with E-state index < -0.39 is 10.2 Å². The zero-order chi connectivity index (χ0) is 15.5. The van der Waals surface area contributed by atoms with E-state index in [1.165, 1.54) is 4.31 Å². The molecule has 1 fully saturated rings. The lowest BCUT2D eigenvalue weighted by Crippen LogP contribution is -2.52. The van der Waals surface area contributed by atoms with Crippen molar-refractivity contribution in [1.82, 2.24) is 14.0 Å². The van der Waals surface area contributed by atoms with Gasteiger partial charge in [0, 0.05) is 30.2 Å². The second-order valence-electron chi connectivity index (χ2n) is 5.36. The van der Waals surface area contributed by atoms with Gasteiger partial charge in [-0.25, -0.2) is 4.98 Å². The van der Waals surface area contributed by atoms with Crippen LogP contribution in [0.2, 0.25) is 0 Å². The molecule has 0 spiro atoms. The minimum Gasteiger partial charge on any atom is -0.329 e. The Kier molecular flexibility index (Phi) is 5.73. The van der Waals surface area contributed by atoms with Crippen molar-refractivity contribution in [3.63, 3.8) is 0 Å². The van der Waals surface area contributed by atoms with Gasteiger partial charge >= 0.3 is 0 Å². The zero-order valence-electron chi connectivity index (χ0n) is 12.6. The van der Waals surface area contributed by atoms with Crippen LogP contribution in [0.4, 0.5) is 0 Å². The summed E-state index contributed by atoms with van der Waals surface area (Å²) < 4.78 is 29.4. The number of aryl methyl sites for hydroxylation is 1. The monoisotopic (exact) mass is 332 g/mol. The first-order valence-electron chi connectivity index (χ1n) is 7.41. The highest BCUT2D eigenvalue weighted by Gasteiger charge is 2.32. The van der Waals surface area contributed by atoms with E-state index in [2.05, 4.69) is 16.6 Å². The van der Waals surface area contributed by atoms with Crippen molar-refractivity contribution >= 4 is 21.5 Å². The first kappa shape index (κ1) is 16.8. The molecule has 1 aliphatic heterocycles. The summed E-state index contributed by atoms with van der Waals surface area (Å²) in [7, 11) is -3.52. The van der Waals surface area contributed by atoms with Crippen LogP contribution < -0.4 is 10.5 Å². The number of hydrogen-bond donors (Lipinski definition) is 2. The quantitative estimate of drug-likeness (QED) is 0.824. The lowest BCUT2D eigenvalue weighted by molar-refractivity contribution is 0.253. The molecule has 0 radical (unpaired) electrons. The Bertz CT molecular complexity index is 558. The van der Waals surface area contributed by atoms with Crippen LogP contribution in [0, 0.1) is 0 Å². The van der Waals surface area contributed by atoms with Crippen molar-refractivity contribution in [2.45, 2.75) is 51.6 Å². The van der Waals surface area contributed by atoms with Crippen LogP contribution in [-0.4, -0.2) is 36.8 Å². The smallest absolute Gasteiger partial charge is 0.280 e. The van der Waals surface area contributed by atoms with Crippen molar-refractivity contribution in [1.29, 1.82) is 0 Å². The number of nitrogens with two attached hydrogens (primary N) is 1. The maximum Gasteiger partial charge on any atom is 0.280 e. The molecule has 0 bridgehead atoms. The predicted octanol–water partition coefficient (Wildman–Crippen LogP) is 1.41. The van der Waals surface area contributed by atoms with Gasteiger partial charge in [0.25, 0.3) is 10.2 Å². The van der Waals surface area contributed by atoms with E-state index >= 15 is 0 Å². The van der Waals surface area contributed by atoms with Crippen molar-refractivity contribution < 1.29 is 8.42 Å². The van der Waals surface area contributed by atoms with Gasteiger partial charge in [-0.15, -0.1) is 11.3 Å². The summed E-state index contributed by atoms with van der Waals surface area (Å²) in [6.45, 7) is 4.80. The molecule has 8 heteroatoms. The van der Waals surface area contributed by atoms with E-state index in [-0.39, 0.29) is 12.1 Å². The average Bonchev–Trinajstić information content (AvgIpc) is 2.96. The summed E-state index contributed by atoms with van der Waals surface area (Å²) in [6.07, 6.45) is 5.49. The minimum absolute atomic E-state index is 0.0917. The van der Waals surface area contributed by atoms with Crippen LogP contribution in [0.3, 0.4) is 0 Å². The normalized spacial score (nSPS) is 22.3. The molecule has 3 N–H and O–H groups in total. The SMILES string of the molecule is CCc1cnc(C(C)NS(=O)(=O)N2CCCCC2CN)s1. The molecule has 2 heterocycles. The fourth-order valence-corrected chi connectivity index (χ4v) is 5.14. The molecule has 1 aliphatic rings. The van der Waals surface area contributed by atoms with Crippen LogP contribution in [0.25, 0.3) is 0 Å². The molecule has 2 atom stereocenters. The Morgan fingerprint density at radius 2 is 2.33 bits per heavy atom. The Morgan fingerprint density at radius 1 is 1.57 bits per heavy atom. The molecule has 21 heavy (non-hydrogen) atoms. The van der Waals surface area contributed by atoms with Crippen LogP contribution in [0.5, 0.6) is 0 Å². The van der Waals surface area contributed by atoms with E-state index in [9.17, 15) is 8.42 Å². The number of rotatable bonds is 6. The molecule has 2 unspecified atom stereocenters. The molecule has 1 aromatic rings. The van der Waals surface area contributed by atoms with Gasteiger partial charge in [-0.3, -0.25) is 0 Å². The molecule has 2 rings (SSSR count). The second-order valence-corrected chi connectivity index (χ2v) is 8.16. The molecule has 1 saturated heterocycles. The van der Waals surface area contributed by atoms with E-state index in [0.717, 1.165) is 35.6 Å². The third-order valence-corrected chi connectivity index (χ3v) is 6.84. The van der Waals surface area contributed by atoms with Gasteiger partial charge < -0.3 is 5.73 Å². The predicted molar refractivity (Wildman–Crippen MR) is 85.4 cm³/mol. The first-order chi connectivity index (χ1) is 9.97. The van der Waals surface area contributed by atoms with Crippen LogP contribution in [0.15, 0.2) is 6.20 Å². The largest absolute Gasteiger partial charge is 0.329 e. The Morgan fingerprint density at radius 3 is 2.95 bits per heavy atom. The van der Waals surface area contributed by atoms with E-state index in [0.29, 0.717) is 13.1 Å². The summed E-state index contributed by atoms with van der Waals surface area (Å²) in [5, 5.41) is 0.803. The number of piperidine rings is 1. The average molecular weight is 332 g/mol. The van der Waals surface area contributed by atoms with Gasteiger partial charge in [0.1, 0.15) is 5.01 Å². The number of aromatic nitrogens is 1. The molecule has 120 valence electrons. The highest BCUT2D eigenvalue weighted by atomic mass is 32.2. The van der Waals surface area contributed by atoms with Crippen molar-refractivity contribution in [2.75, 3.05) is 13.1 Å². The van der Waals surface area contributed by atoms with Crippen molar-refractivity contribution in [3.8, 4) is 0 Å². The van der Waals surface area contributed by atoms with Crippen LogP contribution in [0.1, 0.15) is 49.0 Å². The lowest BCUT2D eigenvalue weighted by Gasteiger charge is -2.34. The third-order valence-electron chi connectivity index (χ3n) is 3.77. The number of nitrogens with zero attached hydrogens (tertiary/aromatic N) is 2. The van der Waals surface area contributed by atoms with Gasteiger partial charge in [-0.1, -0.05) is 13.3 Å². The maximum absolute atomic E-state index is 12.6. The van der Waals surface area contributed by atoms with E-state index in [1.54, 1.807) is 11.3 Å². The zero-order valence-corrected chi connectivity index (χ0v) is 14.2. The topological polar surface area (TPSA) is 88.3 Å². The van der Waals surface area contributed by atoms with Crippen LogP contribution >= 0.6 is 11.3 Å². The van der Waals surface area contributed by atoms with E-state index in [4.69, 9.17) is 5.73 Å². The van der Waals surface area contributed by atoms with Crippen molar-refractivity contribution in [2.24, 2.45) is 5.73 Å². The highest BCUT2D eigenvalue weighted by Crippen LogP contribution is 2.24. The molecular weight excluding hydrogens is 308 g/mol. The third kappa shape index (κ3) is 4.01. The molecule has 6 nitrogen and oxygen atoms in total. The summed E-state index contributed by atoms with van der Waals surface area (Å²) in [4.78, 5) is 5.46. The van der Waals surface area contributed by atoms with Gasteiger partial charge in [0.15, 0.2) is 0 Å². The van der Waals surface area contributed by atoms with Gasteiger partial charge in [0.2, 0.25) is 0 Å². The fourth-order valence-electron chi connectivity index (χ4n) is 2.55. The molecule has 0 amide bonds. The highest BCUT2D eigenvalue weighted by molar-refractivity contribution is 7.87. The summed E-state index contributed by atoms with van der Waals surface area (Å²) in [5.74, 6) is 0. The first-order valence-corrected chi connectivity index (χ1v) is 9.67. The van der Waals surface area contributed by atoms with Gasteiger partial charge in [-0.05, 0) is 26.2 Å². The molecular formula is C13H24N4O2S2. The number of hydrogen-bond acceptors (Lipinski definition) is 5. The molecule has 1 aromatic heterocycles. The van der Waals surface area contributed by atoms with Crippen molar-refractivity contribution in [3.05, 3.63) is 16.1 Å². The Labute approximate surface area is 130 Å². The fraction of sp³-hybridized carbons (Fsp3) is 0.769. The summed E-state index contributed by atoms with van der Waals surface area (Å²) >= 11 is 1.55. The summed E-state index contributed by atoms with van der Waals surface area (Å²) in [6, 6.07) is -0.411. The minimum atomic E-state index is -3.52. The molecule has 0 saturated carbocycles. The lowest BCUT2D eigenvalue weighted by atomic mass is 10.1. The Balaban J connectivity index is 2.08. The Hall–Kier alpha value is -0.540. The maximum atomic E-state index is 12.6. The molecule has 0 aliphatic carbocycles. The number of thiazole rings is 1. The van der Waals surface area contributed by atoms with Gasteiger partial charge in [0.05, 0.1) is 6.04 Å². The van der Waals surface area contributed by atoms with Crippen LogP contribution in [-0.2, 0) is 16.6 Å². The van der Waals surface area contributed by atoms with E-state index in [1.807, 2.05) is 13.1 Å². The molecule has 0 aromatic carbocycles. The van der Waals surface area contributed by atoms with Gasteiger partial charge in [-0.2, -0.15) is 17.4 Å².